The third-order valence-corrected chi connectivity index (χ3v) is 1.51. The lowest BCUT2D eigenvalue weighted by Crippen LogP contribution is -2.31. The quantitative estimate of drug-likeness (QED) is 0.475. The van der Waals surface area contributed by atoms with Gasteiger partial charge in [-0.2, -0.15) is 0 Å². The average Bonchev–Trinajstić information content (AvgIpc) is 1.85. The van der Waals surface area contributed by atoms with Gasteiger partial charge < -0.3 is 15.8 Å². The lowest BCUT2D eigenvalue weighted by atomic mass is 9.82. The maximum atomic E-state index is 8.69. The lowest BCUT2D eigenvalue weighted by Gasteiger charge is -2.01. The van der Waals surface area contributed by atoms with Crippen molar-refractivity contribution in [3.8, 4) is 0 Å². The highest BCUT2D eigenvalue weighted by atomic mass is 35.5. The van der Waals surface area contributed by atoms with Gasteiger partial charge >= 0.3 is 7.12 Å². The van der Waals surface area contributed by atoms with Crippen molar-refractivity contribution in [2.24, 2.45) is 0 Å². The molecule has 0 unspecified atom stereocenters. The molecule has 58 valence electrons. The molecule has 4 nitrogen and oxygen atoms in total. The first-order valence-corrected chi connectivity index (χ1v) is 3.26. The summed E-state index contributed by atoms with van der Waals surface area (Å²) >= 11 is 5.58. The highest BCUT2D eigenvalue weighted by Gasteiger charge is 2.15. The standard InChI is InChI=1S/C5H6BClN2O2/c7-4-1-5(8)9-2-3(4)6(10)11/h1-2,10-11H,(H2,8,9). The number of hydrogen-bond acceptors (Lipinski definition) is 4. The van der Waals surface area contributed by atoms with E-state index in [0.29, 0.717) is 0 Å². The molecule has 1 rings (SSSR count). The number of nitrogen functional groups attached to an aromatic ring is 1. The number of pyridine rings is 1. The van der Waals surface area contributed by atoms with Crippen LogP contribution in [-0.4, -0.2) is 22.2 Å². The van der Waals surface area contributed by atoms with Gasteiger partial charge in [0.05, 0.1) is 0 Å². The lowest BCUT2D eigenvalue weighted by molar-refractivity contribution is 0.425. The molecule has 0 aliphatic rings. The van der Waals surface area contributed by atoms with Crippen LogP contribution >= 0.6 is 11.6 Å². The van der Waals surface area contributed by atoms with Crippen molar-refractivity contribution in [2.45, 2.75) is 0 Å². The zero-order chi connectivity index (χ0) is 8.43. The second-order valence-corrected chi connectivity index (χ2v) is 2.41. The second-order valence-electron chi connectivity index (χ2n) is 2.00. The number of halogens is 1. The molecule has 0 aliphatic carbocycles. The summed E-state index contributed by atoms with van der Waals surface area (Å²) in [7, 11) is -1.60. The highest BCUT2D eigenvalue weighted by molar-refractivity contribution is 6.62. The third-order valence-electron chi connectivity index (χ3n) is 1.18. The Bertz CT molecular complexity index is 269. The molecule has 11 heavy (non-hydrogen) atoms. The van der Waals surface area contributed by atoms with Gasteiger partial charge in [-0.05, 0) is 6.07 Å². The molecule has 0 saturated carbocycles. The van der Waals surface area contributed by atoms with E-state index in [2.05, 4.69) is 4.98 Å². The maximum Gasteiger partial charge on any atom is 0.491 e. The summed E-state index contributed by atoms with van der Waals surface area (Å²) in [5.41, 5.74) is 5.42. The molecule has 4 N–H and O–H groups in total. The molecule has 0 fully saturated rings. The van der Waals surface area contributed by atoms with E-state index in [0.717, 1.165) is 0 Å². The minimum absolute atomic E-state index is 0.154. The van der Waals surface area contributed by atoms with Gasteiger partial charge in [-0.25, -0.2) is 4.98 Å². The van der Waals surface area contributed by atoms with Crippen LogP contribution in [0.4, 0.5) is 5.82 Å². The normalized spacial score (nSPS) is 9.73. The summed E-state index contributed by atoms with van der Waals surface area (Å²) in [5.74, 6) is 0.249. The monoisotopic (exact) mass is 172 g/mol. The van der Waals surface area contributed by atoms with E-state index in [1.54, 1.807) is 0 Å². The van der Waals surface area contributed by atoms with Crippen LogP contribution < -0.4 is 11.2 Å². The van der Waals surface area contributed by atoms with Crippen LogP contribution in [0, 0.1) is 0 Å². The summed E-state index contributed by atoms with van der Waals surface area (Å²) < 4.78 is 0. The Labute approximate surface area is 68.8 Å². The predicted octanol–water partition coefficient (Wildman–Crippen LogP) is -1.00. The number of hydrogen-bond donors (Lipinski definition) is 3. The van der Waals surface area contributed by atoms with E-state index >= 15 is 0 Å². The molecule has 0 aromatic carbocycles. The number of rotatable bonds is 1. The van der Waals surface area contributed by atoms with Gasteiger partial charge in [0.1, 0.15) is 5.82 Å². The van der Waals surface area contributed by atoms with Crippen molar-refractivity contribution in [3.05, 3.63) is 17.3 Å². The summed E-state index contributed by atoms with van der Waals surface area (Å²) in [6, 6.07) is 1.36. The van der Waals surface area contributed by atoms with Crippen molar-refractivity contribution in [2.75, 3.05) is 5.73 Å². The van der Waals surface area contributed by atoms with Crippen molar-refractivity contribution in [1.82, 2.24) is 4.98 Å². The van der Waals surface area contributed by atoms with E-state index in [4.69, 9.17) is 27.4 Å². The SMILES string of the molecule is Nc1cc(Cl)c(B(O)O)cn1. The van der Waals surface area contributed by atoms with E-state index in [1.165, 1.54) is 12.3 Å². The van der Waals surface area contributed by atoms with E-state index in [1.807, 2.05) is 0 Å². The Kier molecular flexibility index (Phi) is 2.33. The molecule has 1 heterocycles. The minimum Gasteiger partial charge on any atom is -0.423 e. The second kappa shape index (κ2) is 3.08. The summed E-state index contributed by atoms with van der Waals surface area (Å²) in [5, 5.41) is 17.6. The zero-order valence-corrected chi connectivity index (χ0v) is 6.28. The fourth-order valence-electron chi connectivity index (χ4n) is 0.646. The molecule has 0 amide bonds. The summed E-state index contributed by atoms with van der Waals surface area (Å²) in [4.78, 5) is 3.63. The molecule has 0 radical (unpaired) electrons. The van der Waals surface area contributed by atoms with Gasteiger partial charge in [-0.3, -0.25) is 0 Å². The Morgan fingerprint density at radius 2 is 2.18 bits per heavy atom. The fraction of sp³-hybridized carbons (Fsp3) is 0. The minimum atomic E-state index is -1.60. The van der Waals surface area contributed by atoms with Crippen molar-refractivity contribution in [3.63, 3.8) is 0 Å². The molecule has 1 aromatic heterocycles. The maximum absolute atomic E-state index is 8.69. The van der Waals surface area contributed by atoms with E-state index in [9.17, 15) is 0 Å². The summed E-state index contributed by atoms with van der Waals surface area (Å²) in [6.45, 7) is 0. The van der Waals surface area contributed by atoms with Crippen molar-refractivity contribution < 1.29 is 10.0 Å². The number of nitrogens with zero attached hydrogens (tertiary/aromatic N) is 1. The number of nitrogens with two attached hydrogens (primary N) is 1. The molecular weight excluding hydrogens is 166 g/mol. The Balaban J connectivity index is 3.09. The molecule has 0 saturated heterocycles. The zero-order valence-electron chi connectivity index (χ0n) is 5.53. The van der Waals surface area contributed by atoms with Crippen LogP contribution in [-0.2, 0) is 0 Å². The fourth-order valence-corrected chi connectivity index (χ4v) is 0.904. The Morgan fingerprint density at radius 3 is 2.64 bits per heavy atom. The van der Waals surface area contributed by atoms with Gasteiger partial charge in [0.25, 0.3) is 0 Å². The smallest absolute Gasteiger partial charge is 0.423 e. The molecule has 0 spiro atoms. The first kappa shape index (κ1) is 8.32. The summed E-state index contributed by atoms with van der Waals surface area (Å²) in [6.07, 6.45) is 1.22. The Hall–Kier alpha value is -0.775. The topological polar surface area (TPSA) is 79.4 Å². The van der Waals surface area contributed by atoms with Crippen LogP contribution in [0.15, 0.2) is 12.3 Å². The van der Waals surface area contributed by atoms with E-state index in [-0.39, 0.29) is 16.3 Å². The highest BCUT2D eigenvalue weighted by Crippen LogP contribution is 2.07. The van der Waals surface area contributed by atoms with Crippen LogP contribution in [0.2, 0.25) is 5.02 Å². The molecule has 6 heteroatoms. The van der Waals surface area contributed by atoms with Crippen LogP contribution in [0.1, 0.15) is 0 Å². The largest absolute Gasteiger partial charge is 0.491 e. The molecular formula is C5H6BClN2O2. The van der Waals surface area contributed by atoms with Gasteiger partial charge in [0.15, 0.2) is 0 Å². The van der Waals surface area contributed by atoms with Crippen LogP contribution in [0.5, 0.6) is 0 Å². The van der Waals surface area contributed by atoms with Gasteiger partial charge in [0, 0.05) is 16.7 Å². The Morgan fingerprint density at radius 1 is 1.55 bits per heavy atom. The van der Waals surface area contributed by atoms with Gasteiger partial charge in [0.2, 0.25) is 0 Å². The first-order valence-electron chi connectivity index (χ1n) is 2.88. The number of aromatic nitrogens is 1. The van der Waals surface area contributed by atoms with E-state index < -0.39 is 7.12 Å². The van der Waals surface area contributed by atoms with Crippen LogP contribution in [0.25, 0.3) is 0 Å². The third kappa shape index (κ3) is 1.83. The van der Waals surface area contributed by atoms with Gasteiger partial charge in [-0.1, -0.05) is 11.6 Å². The van der Waals surface area contributed by atoms with Crippen LogP contribution in [0.3, 0.4) is 0 Å². The molecule has 0 bridgehead atoms. The van der Waals surface area contributed by atoms with Gasteiger partial charge in [-0.15, -0.1) is 0 Å². The predicted molar refractivity (Wildman–Crippen MR) is 43.5 cm³/mol. The first-order chi connectivity index (χ1) is 5.11. The molecule has 0 atom stereocenters. The molecule has 1 aromatic rings. The van der Waals surface area contributed by atoms with Crippen molar-refractivity contribution in [1.29, 1.82) is 0 Å². The molecule has 0 aliphatic heterocycles. The van der Waals surface area contributed by atoms with Crippen molar-refractivity contribution >= 4 is 30.0 Å². The average molecular weight is 172 g/mol. The number of anilines is 1.